The molecule has 0 radical (unpaired) electrons. The van der Waals surface area contributed by atoms with Crippen molar-refractivity contribution in [3.63, 3.8) is 0 Å². The van der Waals surface area contributed by atoms with Crippen LogP contribution in [-0.4, -0.2) is 40.4 Å². The van der Waals surface area contributed by atoms with Crippen LogP contribution in [0.5, 0.6) is 5.75 Å². The maximum atomic E-state index is 12.7. The molecule has 0 aliphatic carbocycles. The van der Waals surface area contributed by atoms with Gasteiger partial charge in [-0.1, -0.05) is 35.4 Å². The molecule has 176 valence electrons. The summed E-state index contributed by atoms with van der Waals surface area (Å²) in [7, 11) is 0. The number of benzene rings is 2. The van der Waals surface area contributed by atoms with Crippen LogP contribution >= 0.6 is 0 Å². The molecule has 0 unspecified atom stereocenters. The lowest BCUT2D eigenvalue weighted by molar-refractivity contribution is -0.0579. The Hall–Kier alpha value is -3.91. The van der Waals surface area contributed by atoms with Gasteiger partial charge in [-0.25, -0.2) is 9.59 Å². The van der Waals surface area contributed by atoms with Crippen LogP contribution in [0, 0.1) is 13.8 Å². The van der Waals surface area contributed by atoms with E-state index in [2.05, 4.69) is 0 Å². The van der Waals surface area contributed by atoms with Gasteiger partial charge in [0.2, 0.25) is 0 Å². The number of carbonyl (C=O) groups is 2. The highest BCUT2D eigenvalue weighted by molar-refractivity contribution is 5.90. The van der Waals surface area contributed by atoms with Gasteiger partial charge in [-0.05, 0) is 44.2 Å². The molecule has 2 heterocycles. The minimum absolute atomic E-state index is 0.162. The Balaban J connectivity index is 1.50. The van der Waals surface area contributed by atoms with Gasteiger partial charge in [0.25, 0.3) is 5.56 Å². The van der Waals surface area contributed by atoms with Crippen LogP contribution in [0.3, 0.4) is 0 Å². The molecule has 1 N–H and O–H groups in total. The lowest BCUT2D eigenvalue weighted by Crippen LogP contribution is -2.32. The topological polar surface area (TPSA) is 104 Å². The highest BCUT2D eigenvalue weighted by Gasteiger charge is 2.40. The van der Waals surface area contributed by atoms with E-state index in [0.29, 0.717) is 11.1 Å². The van der Waals surface area contributed by atoms with Crippen LogP contribution in [0.2, 0.25) is 0 Å². The van der Waals surface area contributed by atoms with Crippen molar-refractivity contribution >= 4 is 11.9 Å². The fraction of sp³-hybridized carbons (Fsp3) is 0.269. The molecule has 8 nitrogen and oxygen atoms in total. The summed E-state index contributed by atoms with van der Waals surface area (Å²) in [6.07, 6.45) is -0.719. The molecule has 1 aliphatic rings. The third kappa shape index (κ3) is 5.35. The molecule has 1 aliphatic heterocycles. The van der Waals surface area contributed by atoms with E-state index in [1.165, 1.54) is 16.8 Å². The maximum Gasteiger partial charge on any atom is 0.338 e. The van der Waals surface area contributed by atoms with Crippen molar-refractivity contribution in [2.24, 2.45) is 0 Å². The number of hydrogen-bond donors (Lipinski definition) is 1. The first-order valence-corrected chi connectivity index (χ1v) is 10.9. The zero-order valence-electron chi connectivity index (χ0n) is 18.8. The summed E-state index contributed by atoms with van der Waals surface area (Å²) in [4.78, 5) is 37.5. The van der Waals surface area contributed by atoms with Gasteiger partial charge in [-0.15, -0.1) is 0 Å². The molecule has 4 rings (SSSR count). The van der Waals surface area contributed by atoms with E-state index in [-0.39, 0.29) is 18.8 Å². The number of ether oxygens (including phenoxy) is 3. The van der Waals surface area contributed by atoms with Crippen LogP contribution in [0.15, 0.2) is 71.7 Å². The first-order chi connectivity index (χ1) is 16.3. The zero-order chi connectivity index (χ0) is 24.2. The molecular formula is C26H25NO7. The van der Waals surface area contributed by atoms with Crippen LogP contribution < -0.4 is 5.56 Å². The van der Waals surface area contributed by atoms with Gasteiger partial charge in [-0.3, -0.25) is 9.36 Å². The van der Waals surface area contributed by atoms with Gasteiger partial charge in [0, 0.05) is 18.7 Å². The lowest BCUT2D eigenvalue weighted by atomic mass is 10.1. The molecule has 0 amide bonds. The predicted molar refractivity (Wildman–Crippen MR) is 123 cm³/mol. The molecule has 0 saturated carbocycles. The van der Waals surface area contributed by atoms with Gasteiger partial charge in [0.05, 0.1) is 11.1 Å². The molecule has 8 heteroatoms. The van der Waals surface area contributed by atoms with Crippen LogP contribution in [0.1, 0.15) is 44.5 Å². The molecule has 1 fully saturated rings. The van der Waals surface area contributed by atoms with Gasteiger partial charge < -0.3 is 19.3 Å². The van der Waals surface area contributed by atoms with Crippen molar-refractivity contribution in [1.82, 2.24) is 4.57 Å². The summed E-state index contributed by atoms with van der Waals surface area (Å²) >= 11 is 0. The molecule has 0 bridgehead atoms. The van der Waals surface area contributed by atoms with Gasteiger partial charge in [0.15, 0.2) is 0 Å². The van der Waals surface area contributed by atoms with E-state index >= 15 is 0 Å². The summed E-state index contributed by atoms with van der Waals surface area (Å²) in [5, 5.41) is 9.54. The van der Waals surface area contributed by atoms with E-state index in [9.17, 15) is 19.5 Å². The third-order valence-corrected chi connectivity index (χ3v) is 5.63. The maximum absolute atomic E-state index is 12.7. The molecule has 2 aromatic carbocycles. The highest BCUT2D eigenvalue weighted by atomic mass is 16.6. The fourth-order valence-corrected chi connectivity index (χ4v) is 3.69. The Kier molecular flexibility index (Phi) is 6.79. The lowest BCUT2D eigenvalue weighted by Gasteiger charge is -2.19. The van der Waals surface area contributed by atoms with Crippen molar-refractivity contribution in [1.29, 1.82) is 0 Å². The molecule has 3 aromatic rings. The Bertz CT molecular complexity index is 1230. The second-order valence-corrected chi connectivity index (χ2v) is 8.27. The van der Waals surface area contributed by atoms with Crippen molar-refractivity contribution in [2.45, 2.75) is 38.7 Å². The number of rotatable bonds is 6. The van der Waals surface area contributed by atoms with E-state index in [1.54, 1.807) is 36.4 Å². The van der Waals surface area contributed by atoms with Crippen LogP contribution in [0.25, 0.3) is 0 Å². The number of aryl methyl sites for hydroxylation is 2. The number of nitrogens with zero attached hydrogens (tertiary/aromatic N) is 1. The second kappa shape index (κ2) is 9.93. The predicted octanol–water partition coefficient (Wildman–Crippen LogP) is 3.54. The van der Waals surface area contributed by atoms with Gasteiger partial charge in [-0.2, -0.15) is 0 Å². The van der Waals surface area contributed by atoms with E-state index < -0.39 is 35.9 Å². The smallest absolute Gasteiger partial charge is 0.338 e. The first kappa shape index (κ1) is 23.3. The van der Waals surface area contributed by atoms with Crippen molar-refractivity contribution in [3.8, 4) is 5.75 Å². The SMILES string of the molecule is Cc1ccc(C(=O)OC[C@H]2O[C@@H](n3ccc(O)cc3=O)C[C@@H]2OC(=O)c2ccc(C)cc2)cc1. The summed E-state index contributed by atoms with van der Waals surface area (Å²) in [5.41, 5.74) is 2.33. The molecule has 1 saturated heterocycles. The summed E-state index contributed by atoms with van der Waals surface area (Å²) in [6, 6.07) is 16.3. The monoisotopic (exact) mass is 463 g/mol. The number of aromatic hydroxyl groups is 1. The summed E-state index contributed by atoms with van der Waals surface area (Å²) < 4.78 is 18.4. The normalized spacial score (nSPS) is 19.5. The fourth-order valence-electron chi connectivity index (χ4n) is 3.69. The van der Waals surface area contributed by atoms with E-state index in [1.807, 2.05) is 26.0 Å². The minimum Gasteiger partial charge on any atom is -0.508 e. The van der Waals surface area contributed by atoms with E-state index in [4.69, 9.17) is 14.2 Å². The van der Waals surface area contributed by atoms with Crippen molar-refractivity contribution in [2.75, 3.05) is 6.61 Å². The van der Waals surface area contributed by atoms with Crippen molar-refractivity contribution < 1.29 is 28.9 Å². The molecule has 0 spiro atoms. The number of hydrogen-bond acceptors (Lipinski definition) is 7. The second-order valence-electron chi connectivity index (χ2n) is 8.27. The molecule has 34 heavy (non-hydrogen) atoms. The quantitative estimate of drug-likeness (QED) is 0.558. The summed E-state index contributed by atoms with van der Waals surface area (Å²) in [5.74, 6) is -1.23. The Morgan fingerprint density at radius 2 is 1.56 bits per heavy atom. The average molecular weight is 463 g/mol. The van der Waals surface area contributed by atoms with E-state index in [0.717, 1.165) is 17.2 Å². The molecule has 3 atom stereocenters. The third-order valence-electron chi connectivity index (χ3n) is 5.63. The first-order valence-electron chi connectivity index (χ1n) is 10.9. The van der Waals surface area contributed by atoms with Gasteiger partial charge >= 0.3 is 11.9 Å². The average Bonchev–Trinajstić information content (AvgIpc) is 3.20. The largest absolute Gasteiger partial charge is 0.508 e. The number of pyridine rings is 1. The Morgan fingerprint density at radius 3 is 2.15 bits per heavy atom. The van der Waals surface area contributed by atoms with Crippen LogP contribution in [-0.2, 0) is 14.2 Å². The summed E-state index contributed by atoms with van der Waals surface area (Å²) in [6.45, 7) is 3.67. The number of carbonyl (C=O) groups excluding carboxylic acids is 2. The minimum atomic E-state index is -0.783. The number of aromatic nitrogens is 1. The Labute approximate surface area is 196 Å². The Morgan fingerprint density at radius 1 is 0.971 bits per heavy atom. The number of esters is 2. The van der Waals surface area contributed by atoms with Crippen LogP contribution in [0.4, 0.5) is 0 Å². The van der Waals surface area contributed by atoms with Gasteiger partial charge in [0.1, 0.15) is 30.8 Å². The zero-order valence-corrected chi connectivity index (χ0v) is 18.8. The molecular weight excluding hydrogens is 438 g/mol. The van der Waals surface area contributed by atoms with Crippen molar-refractivity contribution in [3.05, 3.63) is 99.5 Å². The standard InChI is InChI=1S/C26H25NO7/c1-16-3-7-18(8-4-16)25(30)32-15-22-21(34-26(31)19-9-5-17(2)6-10-19)14-24(33-22)27-12-11-20(28)13-23(27)29/h3-13,21-22,24,28H,14-15H2,1-2H3/t21-,22+,24+/m0/s1. The highest BCUT2D eigenvalue weighted by Crippen LogP contribution is 2.31. The molecule has 1 aromatic heterocycles.